The first-order chi connectivity index (χ1) is 11.0. The second-order valence-corrected chi connectivity index (χ2v) is 6.37. The number of thioether (sulfide) groups is 1. The Hall–Kier alpha value is -1.65. The van der Waals surface area contributed by atoms with Gasteiger partial charge in [0.1, 0.15) is 5.75 Å². The summed E-state index contributed by atoms with van der Waals surface area (Å²) in [5.41, 5.74) is 1.73. The van der Waals surface area contributed by atoms with E-state index in [4.69, 9.17) is 16.3 Å². The van der Waals surface area contributed by atoms with Gasteiger partial charge in [0, 0.05) is 9.92 Å². The molecule has 0 heterocycles. The van der Waals surface area contributed by atoms with Crippen LogP contribution < -0.4 is 10.1 Å². The van der Waals surface area contributed by atoms with Crippen molar-refractivity contribution < 1.29 is 9.53 Å². The average Bonchev–Trinajstić information content (AvgIpc) is 2.56. The molecule has 2 aromatic carbocycles. The number of para-hydroxylation sites is 1. The van der Waals surface area contributed by atoms with Crippen LogP contribution in [0.25, 0.3) is 0 Å². The number of ether oxygens (including phenoxy) is 1. The Balaban J connectivity index is 2.10. The Bertz CT molecular complexity index is 690. The molecule has 0 aliphatic heterocycles. The minimum Gasteiger partial charge on any atom is -0.481 e. The molecule has 0 aliphatic rings. The highest BCUT2D eigenvalue weighted by Gasteiger charge is 2.19. The van der Waals surface area contributed by atoms with Gasteiger partial charge in [-0.1, -0.05) is 30.7 Å². The van der Waals surface area contributed by atoms with Gasteiger partial charge in [-0.2, -0.15) is 0 Å². The van der Waals surface area contributed by atoms with Gasteiger partial charge in [-0.25, -0.2) is 0 Å². The van der Waals surface area contributed by atoms with Gasteiger partial charge in [0.15, 0.2) is 6.10 Å². The highest BCUT2D eigenvalue weighted by atomic mass is 35.5. The van der Waals surface area contributed by atoms with E-state index in [1.807, 2.05) is 50.4 Å². The number of carbonyl (C=O) groups excluding carboxylic acids is 1. The van der Waals surface area contributed by atoms with Gasteiger partial charge in [-0.3, -0.25) is 4.79 Å². The molecule has 0 radical (unpaired) electrons. The predicted molar refractivity (Wildman–Crippen MR) is 97.7 cm³/mol. The molecule has 0 spiro atoms. The summed E-state index contributed by atoms with van der Waals surface area (Å²) in [4.78, 5) is 13.5. The fourth-order valence-corrected chi connectivity index (χ4v) is 2.81. The number of hydrogen-bond acceptors (Lipinski definition) is 3. The van der Waals surface area contributed by atoms with E-state index >= 15 is 0 Å². The maximum Gasteiger partial charge on any atom is 0.265 e. The van der Waals surface area contributed by atoms with Crippen molar-refractivity contribution in [3.63, 3.8) is 0 Å². The third-order valence-corrected chi connectivity index (χ3v) is 4.66. The third-order valence-electron chi connectivity index (χ3n) is 3.44. The van der Waals surface area contributed by atoms with Gasteiger partial charge in [0.2, 0.25) is 0 Å². The molecule has 0 fully saturated rings. The lowest BCUT2D eigenvalue weighted by molar-refractivity contribution is -0.122. The van der Waals surface area contributed by atoms with Crippen LogP contribution in [0.2, 0.25) is 5.02 Å². The van der Waals surface area contributed by atoms with Gasteiger partial charge < -0.3 is 10.1 Å². The Morgan fingerprint density at radius 3 is 2.70 bits per heavy atom. The van der Waals surface area contributed by atoms with E-state index in [0.717, 1.165) is 16.1 Å². The Morgan fingerprint density at radius 1 is 1.30 bits per heavy atom. The molecule has 1 unspecified atom stereocenters. The molecule has 5 heteroatoms. The molecule has 3 nitrogen and oxygen atoms in total. The minimum atomic E-state index is -0.550. The van der Waals surface area contributed by atoms with E-state index in [-0.39, 0.29) is 5.91 Å². The van der Waals surface area contributed by atoms with Crippen molar-refractivity contribution in [3.05, 3.63) is 53.1 Å². The first-order valence-electron chi connectivity index (χ1n) is 7.41. The van der Waals surface area contributed by atoms with Crippen molar-refractivity contribution in [2.75, 3.05) is 11.6 Å². The molecule has 2 aromatic rings. The molecule has 0 saturated heterocycles. The van der Waals surface area contributed by atoms with E-state index in [1.54, 1.807) is 23.9 Å². The predicted octanol–water partition coefficient (Wildman–Crippen LogP) is 5.17. The normalized spacial score (nSPS) is 11.8. The van der Waals surface area contributed by atoms with Gasteiger partial charge in [0.05, 0.1) is 5.69 Å². The Kier molecular flexibility index (Phi) is 6.37. The zero-order valence-corrected chi connectivity index (χ0v) is 15.0. The van der Waals surface area contributed by atoms with Gasteiger partial charge in [-0.15, -0.1) is 11.8 Å². The SMILES string of the molecule is CCC(Oc1ccc(Cl)c(C)c1)C(=O)Nc1ccccc1SC. The molecular formula is C18H20ClNO2S. The topological polar surface area (TPSA) is 38.3 Å². The Morgan fingerprint density at radius 2 is 2.04 bits per heavy atom. The number of nitrogens with one attached hydrogen (secondary N) is 1. The fourth-order valence-electron chi connectivity index (χ4n) is 2.14. The van der Waals surface area contributed by atoms with Crippen LogP contribution in [0.15, 0.2) is 47.4 Å². The highest BCUT2D eigenvalue weighted by Crippen LogP contribution is 2.26. The molecule has 1 amide bonds. The summed E-state index contributed by atoms with van der Waals surface area (Å²) in [7, 11) is 0. The first kappa shape index (κ1) is 17.7. The van der Waals surface area contributed by atoms with Crippen LogP contribution in [0, 0.1) is 6.92 Å². The number of benzene rings is 2. The molecule has 2 rings (SSSR count). The van der Waals surface area contributed by atoms with Crippen LogP contribution in [0.5, 0.6) is 5.75 Å². The van der Waals surface area contributed by atoms with Crippen molar-refractivity contribution >= 4 is 35.0 Å². The quantitative estimate of drug-likeness (QED) is 0.731. The molecule has 0 aromatic heterocycles. The largest absolute Gasteiger partial charge is 0.481 e. The molecule has 1 N–H and O–H groups in total. The zero-order valence-electron chi connectivity index (χ0n) is 13.4. The molecule has 0 aliphatic carbocycles. The van der Waals surface area contributed by atoms with Crippen LogP contribution in [-0.4, -0.2) is 18.3 Å². The van der Waals surface area contributed by atoms with Crippen LogP contribution >= 0.6 is 23.4 Å². The zero-order chi connectivity index (χ0) is 16.8. The monoisotopic (exact) mass is 349 g/mol. The van der Waals surface area contributed by atoms with Crippen LogP contribution in [-0.2, 0) is 4.79 Å². The summed E-state index contributed by atoms with van der Waals surface area (Å²) < 4.78 is 5.83. The summed E-state index contributed by atoms with van der Waals surface area (Å²) in [5.74, 6) is 0.494. The summed E-state index contributed by atoms with van der Waals surface area (Å²) in [5, 5.41) is 3.63. The fraction of sp³-hybridized carbons (Fsp3) is 0.278. The van der Waals surface area contributed by atoms with Crippen molar-refractivity contribution in [3.8, 4) is 5.75 Å². The van der Waals surface area contributed by atoms with E-state index in [0.29, 0.717) is 17.2 Å². The van der Waals surface area contributed by atoms with E-state index in [1.165, 1.54) is 0 Å². The van der Waals surface area contributed by atoms with Gasteiger partial charge in [-0.05, 0) is 55.5 Å². The third kappa shape index (κ3) is 4.66. The number of rotatable bonds is 6. The summed E-state index contributed by atoms with van der Waals surface area (Å²) >= 11 is 7.61. The van der Waals surface area contributed by atoms with Gasteiger partial charge in [0.25, 0.3) is 5.91 Å². The lowest BCUT2D eigenvalue weighted by Gasteiger charge is -2.18. The standard InChI is InChI=1S/C18H20ClNO2S/c1-4-16(22-13-9-10-14(19)12(2)11-13)18(21)20-15-7-5-6-8-17(15)23-3/h5-11,16H,4H2,1-3H3,(H,20,21). The van der Waals surface area contributed by atoms with E-state index in [2.05, 4.69) is 5.32 Å². The Labute approximate surface area is 146 Å². The molecule has 1 atom stereocenters. The highest BCUT2D eigenvalue weighted by molar-refractivity contribution is 7.98. The molecule has 122 valence electrons. The van der Waals surface area contributed by atoms with E-state index in [9.17, 15) is 4.79 Å². The van der Waals surface area contributed by atoms with Crippen molar-refractivity contribution in [2.24, 2.45) is 0 Å². The summed E-state index contributed by atoms with van der Waals surface area (Å²) in [6.07, 6.45) is 2.01. The summed E-state index contributed by atoms with van der Waals surface area (Å²) in [6.45, 7) is 3.83. The average molecular weight is 350 g/mol. The number of carbonyl (C=O) groups is 1. The molecule has 23 heavy (non-hydrogen) atoms. The molecule has 0 saturated carbocycles. The molecule has 0 bridgehead atoms. The number of aryl methyl sites for hydroxylation is 1. The van der Waals surface area contributed by atoms with Crippen LogP contribution in [0.3, 0.4) is 0 Å². The lowest BCUT2D eigenvalue weighted by atomic mass is 10.2. The number of amides is 1. The smallest absolute Gasteiger partial charge is 0.265 e. The number of hydrogen-bond donors (Lipinski definition) is 1. The lowest BCUT2D eigenvalue weighted by Crippen LogP contribution is -2.32. The van der Waals surface area contributed by atoms with Crippen molar-refractivity contribution in [1.82, 2.24) is 0 Å². The van der Waals surface area contributed by atoms with Crippen LogP contribution in [0.1, 0.15) is 18.9 Å². The number of halogens is 1. The second kappa shape index (κ2) is 8.27. The maximum atomic E-state index is 12.5. The second-order valence-electron chi connectivity index (χ2n) is 5.12. The molecular weight excluding hydrogens is 330 g/mol. The first-order valence-corrected chi connectivity index (χ1v) is 9.02. The minimum absolute atomic E-state index is 0.151. The number of anilines is 1. The van der Waals surface area contributed by atoms with Crippen molar-refractivity contribution in [1.29, 1.82) is 0 Å². The van der Waals surface area contributed by atoms with Crippen LogP contribution in [0.4, 0.5) is 5.69 Å². The summed E-state index contributed by atoms with van der Waals surface area (Å²) in [6, 6.07) is 13.1. The van der Waals surface area contributed by atoms with Crippen molar-refractivity contribution in [2.45, 2.75) is 31.3 Å². The maximum absolute atomic E-state index is 12.5. The van der Waals surface area contributed by atoms with E-state index < -0.39 is 6.10 Å². The van der Waals surface area contributed by atoms with Gasteiger partial charge >= 0.3 is 0 Å².